The number of esters is 1. The number of benzene rings is 1. The van der Waals surface area contributed by atoms with E-state index in [4.69, 9.17) is 4.74 Å². The number of carbonyl (C=O) groups is 2. The maximum atomic E-state index is 11.6. The second kappa shape index (κ2) is 6.74. The van der Waals surface area contributed by atoms with Crippen LogP contribution < -0.4 is 5.32 Å². The van der Waals surface area contributed by atoms with Crippen LogP contribution in [0.2, 0.25) is 0 Å². The van der Waals surface area contributed by atoms with Crippen molar-refractivity contribution >= 4 is 17.4 Å². The summed E-state index contributed by atoms with van der Waals surface area (Å²) in [6.07, 6.45) is 1.75. The smallest absolute Gasteiger partial charge is 0.354 e. The van der Waals surface area contributed by atoms with Crippen LogP contribution in [0.3, 0.4) is 0 Å². The molecule has 110 valence electrons. The molecule has 0 atom stereocenters. The molecule has 1 aromatic carbocycles. The number of aromatic nitrogens is 1. The van der Waals surface area contributed by atoms with Gasteiger partial charge in [0.25, 0.3) is 0 Å². The largest absolute Gasteiger partial charge is 0.461 e. The molecule has 0 saturated carbocycles. The Hall–Kier alpha value is -2.56. The van der Waals surface area contributed by atoms with Gasteiger partial charge >= 0.3 is 5.97 Å². The fourth-order valence-electron chi connectivity index (χ4n) is 2.01. The van der Waals surface area contributed by atoms with Gasteiger partial charge in [0.05, 0.1) is 6.61 Å². The summed E-state index contributed by atoms with van der Waals surface area (Å²) in [5.74, 6) is -0.354. The lowest BCUT2D eigenvalue weighted by Crippen LogP contribution is -2.05. The summed E-state index contributed by atoms with van der Waals surface area (Å²) in [7, 11) is 0. The topological polar surface area (TPSA) is 71.2 Å². The molecule has 2 rings (SSSR count). The van der Waals surface area contributed by atoms with Gasteiger partial charge in [0.1, 0.15) is 5.69 Å². The van der Waals surface area contributed by atoms with Gasteiger partial charge in [-0.3, -0.25) is 4.79 Å². The highest BCUT2D eigenvalue weighted by Gasteiger charge is 2.10. The third-order valence-corrected chi connectivity index (χ3v) is 3.03. The molecule has 2 N–H and O–H groups in total. The maximum Gasteiger partial charge on any atom is 0.354 e. The Bertz CT molecular complexity index is 646. The number of anilines is 1. The zero-order valence-corrected chi connectivity index (χ0v) is 12.1. The second-order valence-electron chi connectivity index (χ2n) is 4.60. The molecule has 0 aliphatic heterocycles. The average Bonchev–Trinajstić information content (AvgIpc) is 2.94. The number of para-hydroxylation sites is 1. The number of ketones is 1. The van der Waals surface area contributed by atoms with Crippen molar-refractivity contribution in [1.29, 1.82) is 0 Å². The van der Waals surface area contributed by atoms with Gasteiger partial charge in [-0.1, -0.05) is 12.1 Å². The molecule has 2 aromatic rings. The van der Waals surface area contributed by atoms with Crippen molar-refractivity contribution in [1.82, 2.24) is 4.98 Å². The molecule has 5 heteroatoms. The van der Waals surface area contributed by atoms with E-state index in [0.717, 1.165) is 11.3 Å². The third-order valence-electron chi connectivity index (χ3n) is 3.03. The molecule has 0 fully saturated rings. The maximum absolute atomic E-state index is 11.6. The lowest BCUT2D eigenvalue weighted by atomic mass is 10.1. The Morgan fingerprint density at radius 2 is 2.05 bits per heavy atom. The number of hydrogen-bond donors (Lipinski definition) is 2. The number of rotatable bonds is 6. The minimum Gasteiger partial charge on any atom is -0.461 e. The number of aromatic amines is 1. The van der Waals surface area contributed by atoms with Crippen molar-refractivity contribution in [2.24, 2.45) is 0 Å². The van der Waals surface area contributed by atoms with Crippen LogP contribution in [0.1, 0.15) is 40.3 Å². The van der Waals surface area contributed by atoms with Gasteiger partial charge in [0, 0.05) is 24.0 Å². The molecule has 0 aliphatic carbocycles. The van der Waals surface area contributed by atoms with Gasteiger partial charge in [-0.05, 0) is 37.6 Å². The van der Waals surface area contributed by atoms with E-state index >= 15 is 0 Å². The average molecular weight is 286 g/mol. The van der Waals surface area contributed by atoms with E-state index in [-0.39, 0.29) is 11.8 Å². The molecule has 0 spiro atoms. The first-order chi connectivity index (χ1) is 10.1. The quantitative estimate of drug-likeness (QED) is 0.632. The standard InChI is InChI=1S/C16H18N2O3/c1-3-21-16(20)15-8-12(10-18-15)9-17-14-7-5-4-6-13(14)11(2)19/h4-8,10,17-18H,3,9H2,1-2H3. The number of nitrogens with one attached hydrogen (secondary N) is 2. The van der Waals surface area contributed by atoms with Gasteiger partial charge in [0.2, 0.25) is 0 Å². The monoisotopic (exact) mass is 286 g/mol. The number of carbonyl (C=O) groups excluding carboxylic acids is 2. The Morgan fingerprint density at radius 3 is 2.76 bits per heavy atom. The van der Waals surface area contributed by atoms with E-state index < -0.39 is 0 Å². The fraction of sp³-hybridized carbons (Fsp3) is 0.250. The summed E-state index contributed by atoms with van der Waals surface area (Å²) < 4.78 is 4.92. The summed E-state index contributed by atoms with van der Waals surface area (Å²) in [5.41, 5.74) is 2.77. The van der Waals surface area contributed by atoms with E-state index in [9.17, 15) is 9.59 Å². The van der Waals surface area contributed by atoms with E-state index in [0.29, 0.717) is 24.4 Å². The first-order valence-corrected chi connectivity index (χ1v) is 6.80. The van der Waals surface area contributed by atoms with Crippen molar-refractivity contribution < 1.29 is 14.3 Å². The molecule has 0 amide bonds. The molecule has 0 aliphatic rings. The van der Waals surface area contributed by atoms with Crippen LogP contribution in [0.15, 0.2) is 36.5 Å². The summed E-state index contributed by atoms with van der Waals surface area (Å²) in [6.45, 7) is 4.16. The van der Waals surface area contributed by atoms with E-state index in [2.05, 4.69) is 10.3 Å². The van der Waals surface area contributed by atoms with Gasteiger partial charge < -0.3 is 15.0 Å². The first kappa shape index (κ1) is 14.8. The fourth-order valence-corrected chi connectivity index (χ4v) is 2.01. The molecule has 1 aromatic heterocycles. The van der Waals surface area contributed by atoms with Crippen molar-refractivity contribution in [2.75, 3.05) is 11.9 Å². The Morgan fingerprint density at radius 1 is 1.29 bits per heavy atom. The predicted octanol–water partition coefficient (Wildman–Crippen LogP) is 3.01. The minimum atomic E-state index is -0.368. The lowest BCUT2D eigenvalue weighted by Gasteiger charge is -2.08. The van der Waals surface area contributed by atoms with Crippen LogP contribution in [0, 0.1) is 0 Å². The predicted molar refractivity (Wildman–Crippen MR) is 80.5 cm³/mol. The molecular formula is C16H18N2O3. The summed E-state index contributed by atoms with van der Waals surface area (Å²) >= 11 is 0. The Balaban J connectivity index is 2.04. The Labute approximate surface area is 123 Å². The van der Waals surface area contributed by atoms with Gasteiger partial charge in [0.15, 0.2) is 5.78 Å². The first-order valence-electron chi connectivity index (χ1n) is 6.80. The number of ether oxygens (including phenoxy) is 1. The zero-order chi connectivity index (χ0) is 15.2. The normalized spacial score (nSPS) is 10.2. The highest BCUT2D eigenvalue weighted by molar-refractivity contribution is 5.99. The molecule has 0 radical (unpaired) electrons. The zero-order valence-electron chi connectivity index (χ0n) is 12.1. The molecule has 21 heavy (non-hydrogen) atoms. The van der Waals surface area contributed by atoms with E-state index in [1.807, 2.05) is 18.2 Å². The Kier molecular flexibility index (Phi) is 4.77. The number of H-pyrrole nitrogens is 1. The van der Waals surface area contributed by atoms with E-state index in [1.165, 1.54) is 6.92 Å². The molecule has 0 unspecified atom stereocenters. The van der Waals surface area contributed by atoms with E-state index in [1.54, 1.807) is 25.3 Å². The third kappa shape index (κ3) is 3.72. The minimum absolute atomic E-state index is 0.0133. The second-order valence-corrected chi connectivity index (χ2v) is 4.60. The van der Waals surface area contributed by atoms with Crippen LogP contribution in [0.5, 0.6) is 0 Å². The summed E-state index contributed by atoms with van der Waals surface area (Å²) in [5, 5.41) is 3.20. The highest BCUT2D eigenvalue weighted by Crippen LogP contribution is 2.17. The number of hydrogen-bond acceptors (Lipinski definition) is 4. The molecule has 5 nitrogen and oxygen atoms in total. The van der Waals surface area contributed by atoms with Crippen molar-refractivity contribution in [3.63, 3.8) is 0 Å². The molecule has 0 bridgehead atoms. The SMILES string of the molecule is CCOC(=O)c1cc(CNc2ccccc2C(C)=O)c[nH]1. The van der Waals surface area contributed by atoms with Gasteiger partial charge in [-0.25, -0.2) is 4.79 Å². The molecule has 0 saturated heterocycles. The van der Waals surface area contributed by atoms with Crippen LogP contribution in [-0.4, -0.2) is 23.3 Å². The van der Waals surface area contributed by atoms with Crippen LogP contribution >= 0.6 is 0 Å². The lowest BCUT2D eigenvalue weighted by molar-refractivity contribution is 0.0520. The van der Waals surface area contributed by atoms with Gasteiger partial charge in [-0.15, -0.1) is 0 Å². The summed E-state index contributed by atoms with van der Waals surface area (Å²) in [4.78, 5) is 26.0. The van der Waals surface area contributed by atoms with Crippen molar-refractivity contribution in [3.05, 3.63) is 53.3 Å². The summed E-state index contributed by atoms with van der Waals surface area (Å²) in [6, 6.07) is 9.08. The van der Waals surface area contributed by atoms with Crippen molar-refractivity contribution in [3.8, 4) is 0 Å². The van der Waals surface area contributed by atoms with Crippen LogP contribution in [-0.2, 0) is 11.3 Å². The molecule has 1 heterocycles. The van der Waals surface area contributed by atoms with Crippen molar-refractivity contribution in [2.45, 2.75) is 20.4 Å². The highest BCUT2D eigenvalue weighted by atomic mass is 16.5. The van der Waals surface area contributed by atoms with Crippen LogP contribution in [0.4, 0.5) is 5.69 Å². The number of Topliss-reactive ketones (excluding diaryl/α,β-unsaturated/α-hetero) is 1. The van der Waals surface area contributed by atoms with Crippen LogP contribution in [0.25, 0.3) is 0 Å². The molecular weight excluding hydrogens is 268 g/mol. The van der Waals surface area contributed by atoms with Gasteiger partial charge in [-0.2, -0.15) is 0 Å².